The van der Waals surface area contributed by atoms with Gasteiger partial charge in [-0.15, -0.1) is 11.3 Å². The average Bonchev–Trinajstić information content (AvgIpc) is 2.81. The average molecular weight is 300 g/mol. The summed E-state index contributed by atoms with van der Waals surface area (Å²) in [4.78, 5) is 4.50. The summed E-state index contributed by atoms with van der Waals surface area (Å²) in [6.45, 7) is 0. The van der Waals surface area contributed by atoms with E-state index in [-0.39, 0.29) is 11.0 Å². The first kappa shape index (κ1) is 12.3. The van der Waals surface area contributed by atoms with Crippen LogP contribution in [0.3, 0.4) is 0 Å². The minimum Gasteiger partial charge on any atom is -0.399 e. The van der Waals surface area contributed by atoms with Crippen LogP contribution < -0.4 is 5.73 Å². The van der Waals surface area contributed by atoms with Gasteiger partial charge in [0, 0.05) is 10.9 Å². The fraction of sp³-hybridized carbons (Fsp3) is 0.364. The zero-order valence-electron chi connectivity index (χ0n) is 9.50. The van der Waals surface area contributed by atoms with E-state index in [0.29, 0.717) is 5.75 Å². The zero-order valence-corrected chi connectivity index (χ0v) is 11.9. The number of hydrogen-bond acceptors (Lipinski definition) is 6. The quantitative estimate of drug-likeness (QED) is 0.860. The van der Waals surface area contributed by atoms with Crippen LogP contribution in [0.4, 0.5) is 5.69 Å². The van der Waals surface area contributed by atoms with E-state index in [0.717, 1.165) is 26.7 Å². The molecule has 0 radical (unpaired) electrons. The largest absolute Gasteiger partial charge is 0.399 e. The molecular formula is C11H12N2O2S3. The van der Waals surface area contributed by atoms with Gasteiger partial charge in [-0.25, -0.2) is 13.4 Å². The Hall–Kier alpha value is -0.790. The molecule has 3 rings (SSSR count). The molecule has 0 saturated carbocycles. The Kier molecular flexibility index (Phi) is 2.99. The lowest BCUT2D eigenvalue weighted by atomic mass is 10.3. The standard InChI is InChI=1S/C11H12N2O2S3/c12-7-1-2-9-10(5-7)17-11(13-9)16-8-3-4-18(14,15)6-8/h1-2,5,8H,3-4,6,12H2. The van der Waals surface area contributed by atoms with E-state index in [1.54, 1.807) is 23.1 Å². The Labute approximate surface area is 114 Å². The van der Waals surface area contributed by atoms with Crippen LogP contribution in [0.15, 0.2) is 22.5 Å². The number of nitrogens with zero attached hydrogens (tertiary/aromatic N) is 1. The van der Waals surface area contributed by atoms with Gasteiger partial charge in [0.1, 0.15) is 0 Å². The van der Waals surface area contributed by atoms with Gasteiger partial charge in [-0.05, 0) is 24.6 Å². The molecule has 1 atom stereocenters. The first-order chi connectivity index (χ1) is 8.52. The molecule has 1 aromatic heterocycles. The lowest BCUT2D eigenvalue weighted by Crippen LogP contribution is -2.05. The number of nitrogens with two attached hydrogens (primary N) is 1. The molecule has 1 aromatic carbocycles. The van der Waals surface area contributed by atoms with E-state index in [1.165, 1.54) is 0 Å². The number of anilines is 1. The molecule has 18 heavy (non-hydrogen) atoms. The number of thioether (sulfide) groups is 1. The number of rotatable bonds is 2. The number of fused-ring (bicyclic) bond motifs is 1. The molecule has 0 aliphatic carbocycles. The molecule has 1 unspecified atom stereocenters. The summed E-state index contributed by atoms with van der Waals surface area (Å²) in [6, 6.07) is 5.63. The zero-order chi connectivity index (χ0) is 12.8. The third-order valence-electron chi connectivity index (χ3n) is 2.85. The second-order valence-electron chi connectivity index (χ2n) is 4.35. The smallest absolute Gasteiger partial charge is 0.151 e. The highest BCUT2D eigenvalue weighted by atomic mass is 32.2. The Morgan fingerprint density at radius 1 is 1.44 bits per heavy atom. The van der Waals surface area contributed by atoms with Crippen LogP contribution in [0, 0.1) is 0 Å². The summed E-state index contributed by atoms with van der Waals surface area (Å²) < 4.78 is 24.8. The number of hydrogen-bond donors (Lipinski definition) is 1. The van der Waals surface area contributed by atoms with E-state index in [1.807, 2.05) is 18.2 Å². The van der Waals surface area contributed by atoms with Crippen LogP contribution in [0.5, 0.6) is 0 Å². The molecule has 7 heteroatoms. The molecule has 96 valence electrons. The van der Waals surface area contributed by atoms with Crippen LogP contribution >= 0.6 is 23.1 Å². The van der Waals surface area contributed by atoms with E-state index in [2.05, 4.69) is 4.98 Å². The normalized spacial score (nSPS) is 22.6. The summed E-state index contributed by atoms with van der Waals surface area (Å²) in [6.07, 6.45) is 0.727. The molecule has 4 nitrogen and oxygen atoms in total. The van der Waals surface area contributed by atoms with Crippen molar-refractivity contribution in [2.45, 2.75) is 16.0 Å². The van der Waals surface area contributed by atoms with Crippen molar-refractivity contribution in [3.05, 3.63) is 18.2 Å². The van der Waals surface area contributed by atoms with E-state index >= 15 is 0 Å². The third-order valence-corrected chi connectivity index (χ3v) is 7.21. The van der Waals surface area contributed by atoms with Crippen LogP contribution in [0.1, 0.15) is 6.42 Å². The number of benzene rings is 1. The minimum atomic E-state index is -2.82. The molecule has 2 aromatic rings. The minimum absolute atomic E-state index is 0.146. The predicted octanol–water partition coefficient (Wildman–Crippen LogP) is 2.16. The lowest BCUT2D eigenvalue weighted by Gasteiger charge is -2.02. The van der Waals surface area contributed by atoms with Gasteiger partial charge in [-0.2, -0.15) is 0 Å². The molecule has 0 spiro atoms. The summed E-state index contributed by atoms with van der Waals surface area (Å²) >= 11 is 3.15. The molecule has 1 fully saturated rings. The monoisotopic (exact) mass is 300 g/mol. The molecule has 1 saturated heterocycles. The maximum atomic E-state index is 11.4. The van der Waals surface area contributed by atoms with Gasteiger partial charge in [0.2, 0.25) is 0 Å². The lowest BCUT2D eigenvalue weighted by molar-refractivity contribution is 0.602. The summed E-state index contributed by atoms with van der Waals surface area (Å²) in [5, 5.41) is 0.146. The molecule has 2 heterocycles. The van der Waals surface area contributed by atoms with Crippen LogP contribution in [-0.4, -0.2) is 30.2 Å². The number of thiazole rings is 1. The number of aromatic nitrogens is 1. The van der Waals surface area contributed by atoms with Gasteiger partial charge >= 0.3 is 0 Å². The van der Waals surface area contributed by atoms with Gasteiger partial charge in [-0.3, -0.25) is 0 Å². The maximum Gasteiger partial charge on any atom is 0.151 e. The van der Waals surface area contributed by atoms with Crippen molar-refractivity contribution >= 4 is 48.8 Å². The van der Waals surface area contributed by atoms with Gasteiger partial charge in [0.25, 0.3) is 0 Å². The van der Waals surface area contributed by atoms with Gasteiger partial charge in [0.05, 0.1) is 21.7 Å². The van der Waals surface area contributed by atoms with Gasteiger partial charge < -0.3 is 5.73 Å². The van der Waals surface area contributed by atoms with Crippen LogP contribution in [-0.2, 0) is 9.84 Å². The second kappa shape index (κ2) is 4.40. The van der Waals surface area contributed by atoms with Gasteiger partial charge in [0.15, 0.2) is 14.2 Å². The highest BCUT2D eigenvalue weighted by Gasteiger charge is 2.29. The summed E-state index contributed by atoms with van der Waals surface area (Å²) in [5.74, 6) is 0.582. The van der Waals surface area contributed by atoms with E-state index in [4.69, 9.17) is 5.73 Å². The summed E-state index contributed by atoms with van der Waals surface area (Å²) in [5.41, 5.74) is 7.38. The number of sulfone groups is 1. The number of nitrogen functional groups attached to an aromatic ring is 1. The third kappa shape index (κ3) is 2.48. The Balaban J connectivity index is 1.83. The molecule has 1 aliphatic heterocycles. The highest BCUT2D eigenvalue weighted by Crippen LogP contribution is 2.36. The molecular weight excluding hydrogens is 288 g/mol. The maximum absolute atomic E-state index is 11.4. The SMILES string of the molecule is Nc1ccc2nc(SC3CCS(=O)(=O)C3)sc2c1. The van der Waals surface area contributed by atoms with Crippen molar-refractivity contribution in [3.63, 3.8) is 0 Å². The Morgan fingerprint density at radius 2 is 2.28 bits per heavy atom. The Bertz CT molecular complexity index is 693. The van der Waals surface area contributed by atoms with Crippen LogP contribution in [0.2, 0.25) is 0 Å². The van der Waals surface area contributed by atoms with Crippen molar-refractivity contribution < 1.29 is 8.42 Å². The molecule has 2 N–H and O–H groups in total. The predicted molar refractivity (Wildman–Crippen MR) is 76.9 cm³/mol. The second-order valence-corrected chi connectivity index (χ2v) is 9.16. The van der Waals surface area contributed by atoms with E-state index in [9.17, 15) is 8.42 Å². The topological polar surface area (TPSA) is 73.0 Å². The fourth-order valence-electron chi connectivity index (χ4n) is 1.97. The molecule has 1 aliphatic rings. The molecule has 0 amide bonds. The Morgan fingerprint density at radius 3 is 3.00 bits per heavy atom. The van der Waals surface area contributed by atoms with Crippen molar-refractivity contribution in [3.8, 4) is 0 Å². The highest BCUT2D eigenvalue weighted by molar-refractivity contribution is 8.03. The summed E-state index contributed by atoms with van der Waals surface area (Å²) in [7, 11) is -2.82. The van der Waals surface area contributed by atoms with Crippen molar-refractivity contribution in [1.82, 2.24) is 4.98 Å². The first-order valence-electron chi connectivity index (χ1n) is 5.55. The van der Waals surface area contributed by atoms with Crippen molar-refractivity contribution in [1.29, 1.82) is 0 Å². The van der Waals surface area contributed by atoms with Crippen molar-refractivity contribution in [2.24, 2.45) is 0 Å². The van der Waals surface area contributed by atoms with Crippen molar-refractivity contribution in [2.75, 3.05) is 17.2 Å². The van der Waals surface area contributed by atoms with Gasteiger partial charge in [-0.1, -0.05) is 11.8 Å². The first-order valence-corrected chi connectivity index (χ1v) is 9.07. The fourth-order valence-corrected chi connectivity index (χ4v) is 6.84. The van der Waals surface area contributed by atoms with E-state index < -0.39 is 9.84 Å². The van der Waals surface area contributed by atoms with Crippen LogP contribution in [0.25, 0.3) is 10.2 Å². The molecule has 0 bridgehead atoms.